The van der Waals surface area contributed by atoms with Gasteiger partial charge in [-0.15, -0.1) is 0 Å². The number of piperidine rings is 1. The molecule has 2 unspecified atom stereocenters. The van der Waals surface area contributed by atoms with Crippen molar-refractivity contribution in [3.8, 4) is 0 Å². The van der Waals surface area contributed by atoms with Crippen LogP contribution in [0.5, 0.6) is 0 Å². The summed E-state index contributed by atoms with van der Waals surface area (Å²) in [6, 6.07) is 1.45. The Morgan fingerprint density at radius 3 is 2.33 bits per heavy atom. The summed E-state index contributed by atoms with van der Waals surface area (Å²) in [5, 5.41) is 3.42. The summed E-state index contributed by atoms with van der Waals surface area (Å²) in [6.45, 7) is 10.7. The fourth-order valence-corrected chi connectivity index (χ4v) is 2.89. The zero-order valence-corrected chi connectivity index (χ0v) is 11.1. The average Bonchev–Trinajstić information content (AvgIpc) is 2.27. The van der Waals surface area contributed by atoms with Crippen molar-refractivity contribution in [2.45, 2.75) is 71.0 Å². The summed E-state index contributed by atoms with van der Waals surface area (Å²) in [5.74, 6) is 0. The van der Waals surface area contributed by atoms with E-state index < -0.39 is 0 Å². The molecule has 2 heteroatoms. The fraction of sp³-hybridized carbons (Fsp3) is 1.00. The molecule has 0 aromatic rings. The lowest BCUT2D eigenvalue weighted by molar-refractivity contribution is 0.0210. The van der Waals surface area contributed by atoms with E-state index in [1.54, 1.807) is 0 Å². The van der Waals surface area contributed by atoms with Gasteiger partial charge in [-0.2, -0.15) is 0 Å². The van der Waals surface area contributed by atoms with Crippen LogP contribution in [0.15, 0.2) is 0 Å². The molecular weight excluding hydrogens is 184 g/mol. The van der Waals surface area contributed by atoms with Gasteiger partial charge in [0.1, 0.15) is 0 Å². The maximum Gasteiger partial charge on any atom is 0.0179 e. The molecule has 0 radical (unpaired) electrons. The molecule has 1 aliphatic rings. The second-order valence-corrected chi connectivity index (χ2v) is 5.26. The molecule has 0 bridgehead atoms. The van der Waals surface area contributed by atoms with Crippen molar-refractivity contribution in [2.24, 2.45) is 0 Å². The first-order chi connectivity index (χ1) is 7.07. The van der Waals surface area contributed by atoms with Gasteiger partial charge < -0.3 is 5.32 Å². The van der Waals surface area contributed by atoms with Crippen molar-refractivity contribution in [3.63, 3.8) is 0 Å². The maximum atomic E-state index is 3.42. The van der Waals surface area contributed by atoms with E-state index in [1.807, 2.05) is 0 Å². The van der Waals surface area contributed by atoms with Gasteiger partial charge in [0.15, 0.2) is 0 Å². The molecule has 0 saturated carbocycles. The topological polar surface area (TPSA) is 15.3 Å². The van der Waals surface area contributed by atoms with E-state index in [4.69, 9.17) is 0 Å². The lowest BCUT2D eigenvalue weighted by atomic mass is 9.87. The molecule has 1 rings (SSSR count). The van der Waals surface area contributed by atoms with Gasteiger partial charge in [-0.25, -0.2) is 0 Å². The van der Waals surface area contributed by atoms with Crippen LogP contribution < -0.4 is 5.32 Å². The van der Waals surface area contributed by atoms with Crippen LogP contribution in [0.1, 0.15) is 53.4 Å². The van der Waals surface area contributed by atoms with E-state index in [0.29, 0.717) is 5.54 Å². The number of nitrogens with zero attached hydrogens (tertiary/aromatic N) is 1. The van der Waals surface area contributed by atoms with E-state index in [2.05, 4.69) is 45.0 Å². The molecule has 90 valence electrons. The van der Waals surface area contributed by atoms with Gasteiger partial charge in [0, 0.05) is 24.2 Å². The summed E-state index contributed by atoms with van der Waals surface area (Å²) < 4.78 is 0. The summed E-state index contributed by atoms with van der Waals surface area (Å²) in [5.41, 5.74) is 0.415. The zero-order valence-electron chi connectivity index (χ0n) is 11.1. The third-order valence-corrected chi connectivity index (χ3v) is 4.50. The second kappa shape index (κ2) is 5.31. The Hall–Kier alpha value is -0.0800. The highest BCUT2D eigenvalue weighted by Crippen LogP contribution is 2.30. The molecule has 0 aliphatic carbocycles. The Kier molecular flexibility index (Phi) is 4.60. The van der Waals surface area contributed by atoms with Crippen molar-refractivity contribution in [3.05, 3.63) is 0 Å². The largest absolute Gasteiger partial charge is 0.317 e. The summed E-state index contributed by atoms with van der Waals surface area (Å²) in [7, 11) is 2.09. The van der Waals surface area contributed by atoms with Gasteiger partial charge in [0.25, 0.3) is 0 Å². The van der Waals surface area contributed by atoms with Crippen LogP contribution in [0, 0.1) is 0 Å². The number of hydrogen-bond donors (Lipinski definition) is 1. The molecule has 1 saturated heterocycles. The lowest BCUT2D eigenvalue weighted by Crippen LogP contribution is -2.56. The molecule has 1 N–H and O–H groups in total. The summed E-state index contributed by atoms with van der Waals surface area (Å²) in [6.07, 6.45) is 5.12. The van der Waals surface area contributed by atoms with Gasteiger partial charge in [0.2, 0.25) is 0 Å². The van der Waals surface area contributed by atoms with Crippen molar-refractivity contribution >= 4 is 0 Å². The summed E-state index contributed by atoms with van der Waals surface area (Å²) >= 11 is 0. The first kappa shape index (κ1) is 13.0. The van der Waals surface area contributed by atoms with Gasteiger partial charge in [0.05, 0.1) is 0 Å². The van der Waals surface area contributed by atoms with Crippen LogP contribution in [0.3, 0.4) is 0 Å². The zero-order chi connectivity index (χ0) is 11.5. The smallest absolute Gasteiger partial charge is 0.0179 e. The number of nitrogens with one attached hydrogen (secondary N) is 1. The first-order valence-electron chi connectivity index (χ1n) is 6.51. The predicted octanol–water partition coefficient (Wildman–Crippen LogP) is 2.64. The molecule has 0 aromatic carbocycles. The minimum absolute atomic E-state index is 0.415. The Morgan fingerprint density at radius 2 is 1.93 bits per heavy atom. The third kappa shape index (κ3) is 2.73. The predicted molar refractivity (Wildman–Crippen MR) is 67.2 cm³/mol. The van der Waals surface area contributed by atoms with Crippen molar-refractivity contribution in [1.82, 2.24) is 10.2 Å². The Balaban J connectivity index is 2.64. The molecule has 1 fully saturated rings. The fourth-order valence-electron chi connectivity index (χ4n) is 2.89. The van der Waals surface area contributed by atoms with Crippen LogP contribution in [-0.4, -0.2) is 36.1 Å². The Bertz CT molecular complexity index is 187. The van der Waals surface area contributed by atoms with Gasteiger partial charge in [-0.1, -0.05) is 13.8 Å². The Morgan fingerprint density at radius 1 is 1.33 bits per heavy atom. The molecule has 0 spiro atoms. The first-order valence-corrected chi connectivity index (χ1v) is 6.51. The second-order valence-electron chi connectivity index (χ2n) is 5.26. The van der Waals surface area contributed by atoms with Crippen LogP contribution in [-0.2, 0) is 0 Å². The maximum absolute atomic E-state index is 3.42. The van der Waals surface area contributed by atoms with Gasteiger partial charge >= 0.3 is 0 Å². The lowest BCUT2D eigenvalue weighted by Gasteiger charge is -2.48. The summed E-state index contributed by atoms with van der Waals surface area (Å²) in [4.78, 5) is 2.72. The minimum atomic E-state index is 0.415. The highest BCUT2D eigenvalue weighted by molar-refractivity contribution is 4.92. The van der Waals surface area contributed by atoms with E-state index in [9.17, 15) is 0 Å². The molecule has 15 heavy (non-hydrogen) atoms. The molecule has 2 nitrogen and oxygen atoms in total. The number of rotatable bonds is 4. The van der Waals surface area contributed by atoms with Crippen molar-refractivity contribution in [1.29, 1.82) is 0 Å². The van der Waals surface area contributed by atoms with Gasteiger partial charge in [-0.05, 0) is 46.6 Å². The molecule has 2 atom stereocenters. The third-order valence-electron chi connectivity index (χ3n) is 4.50. The monoisotopic (exact) mass is 212 g/mol. The SMILES string of the molecule is CCC(C)(CC)N1CCC(NC)CC1C. The molecule has 0 amide bonds. The standard InChI is InChI=1S/C13H28N2/c1-6-13(4,7-2)15-9-8-12(14-5)10-11(15)3/h11-12,14H,6-10H2,1-5H3. The quantitative estimate of drug-likeness (QED) is 0.770. The normalized spacial score (nSPS) is 29.4. The average molecular weight is 212 g/mol. The molecule has 0 aromatic heterocycles. The van der Waals surface area contributed by atoms with Gasteiger partial charge in [-0.3, -0.25) is 4.90 Å². The molecule has 1 heterocycles. The van der Waals surface area contributed by atoms with Crippen LogP contribution >= 0.6 is 0 Å². The van der Waals surface area contributed by atoms with E-state index in [0.717, 1.165) is 12.1 Å². The van der Waals surface area contributed by atoms with Crippen LogP contribution in [0.25, 0.3) is 0 Å². The highest BCUT2D eigenvalue weighted by atomic mass is 15.2. The number of likely N-dealkylation sites (tertiary alicyclic amines) is 1. The highest BCUT2D eigenvalue weighted by Gasteiger charge is 2.35. The van der Waals surface area contributed by atoms with E-state index in [-0.39, 0.29) is 0 Å². The van der Waals surface area contributed by atoms with Crippen LogP contribution in [0.4, 0.5) is 0 Å². The number of hydrogen-bond acceptors (Lipinski definition) is 2. The van der Waals surface area contributed by atoms with E-state index >= 15 is 0 Å². The van der Waals surface area contributed by atoms with Crippen molar-refractivity contribution < 1.29 is 0 Å². The van der Waals surface area contributed by atoms with E-state index in [1.165, 1.54) is 32.2 Å². The molecule has 1 aliphatic heterocycles. The van der Waals surface area contributed by atoms with Crippen LogP contribution in [0.2, 0.25) is 0 Å². The van der Waals surface area contributed by atoms with Crippen molar-refractivity contribution in [2.75, 3.05) is 13.6 Å². The minimum Gasteiger partial charge on any atom is -0.317 e. The molecular formula is C13H28N2. The Labute approximate surface area is 95.4 Å².